The molecule has 31 heavy (non-hydrogen) atoms. The van der Waals surface area contributed by atoms with Gasteiger partial charge in [-0.2, -0.15) is 0 Å². The van der Waals surface area contributed by atoms with Gasteiger partial charge in [0, 0.05) is 60.8 Å². The third kappa shape index (κ3) is 6.63. The second kappa shape index (κ2) is 10.9. The average Bonchev–Trinajstić information content (AvgIpc) is 2.75. The van der Waals surface area contributed by atoms with Gasteiger partial charge in [0.25, 0.3) is 0 Å². The normalized spacial score (nSPS) is 15.4. The first-order valence-corrected chi connectivity index (χ1v) is 11.5. The van der Waals surface area contributed by atoms with Crippen molar-refractivity contribution in [1.82, 2.24) is 9.80 Å². The van der Waals surface area contributed by atoms with Crippen LogP contribution in [0.2, 0.25) is 5.02 Å². The molecular formula is C23H28ClN3O3S. The van der Waals surface area contributed by atoms with Crippen molar-refractivity contribution in [3.63, 3.8) is 0 Å². The highest BCUT2D eigenvalue weighted by Crippen LogP contribution is 2.27. The Labute approximate surface area is 192 Å². The average molecular weight is 462 g/mol. The summed E-state index contributed by atoms with van der Waals surface area (Å²) in [4.78, 5) is 29.3. The number of methoxy groups -OCH3 is 1. The Bertz CT molecular complexity index is 915. The molecule has 2 aromatic carbocycles. The number of carbonyl (C=O) groups excluding carboxylic acids is 2. The van der Waals surface area contributed by atoms with E-state index in [1.165, 1.54) is 18.7 Å². The predicted molar refractivity (Wildman–Crippen MR) is 126 cm³/mol. The van der Waals surface area contributed by atoms with E-state index >= 15 is 0 Å². The molecule has 0 aromatic heterocycles. The molecule has 0 spiro atoms. The van der Waals surface area contributed by atoms with Gasteiger partial charge in [-0.25, -0.2) is 0 Å². The van der Waals surface area contributed by atoms with Crippen LogP contribution in [0.4, 0.5) is 5.69 Å². The number of benzene rings is 2. The van der Waals surface area contributed by atoms with E-state index in [1.54, 1.807) is 7.11 Å². The second-order valence-electron chi connectivity index (χ2n) is 7.52. The van der Waals surface area contributed by atoms with Crippen molar-refractivity contribution in [1.29, 1.82) is 0 Å². The first kappa shape index (κ1) is 23.4. The monoisotopic (exact) mass is 461 g/mol. The van der Waals surface area contributed by atoms with E-state index in [2.05, 4.69) is 10.2 Å². The van der Waals surface area contributed by atoms with E-state index in [1.807, 2.05) is 54.3 Å². The molecular weight excluding hydrogens is 434 g/mol. The van der Waals surface area contributed by atoms with Crippen LogP contribution < -0.4 is 10.1 Å². The van der Waals surface area contributed by atoms with Crippen LogP contribution in [0.1, 0.15) is 19.4 Å². The van der Waals surface area contributed by atoms with Gasteiger partial charge in [-0.3, -0.25) is 14.5 Å². The molecule has 1 saturated heterocycles. The first-order chi connectivity index (χ1) is 14.9. The summed E-state index contributed by atoms with van der Waals surface area (Å²) in [6, 6.07) is 13.2. The molecule has 0 aliphatic carbocycles. The van der Waals surface area contributed by atoms with E-state index in [0.29, 0.717) is 18.1 Å². The van der Waals surface area contributed by atoms with Crippen LogP contribution in [0.15, 0.2) is 47.4 Å². The van der Waals surface area contributed by atoms with Crippen LogP contribution in [0.3, 0.4) is 0 Å². The van der Waals surface area contributed by atoms with Gasteiger partial charge in [0.2, 0.25) is 11.8 Å². The van der Waals surface area contributed by atoms with E-state index in [0.717, 1.165) is 41.5 Å². The Morgan fingerprint density at radius 1 is 1.13 bits per heavy atom. The van der Waals surface area contributed by atoms with Crippen molar-refractivity contribution in [2.24, 2.45) is 0 Å². The number of rotatable bonds is 7. The Kier molecular flexibility index (Phi) is 8.23. The van der Waals surface area contributed by atoms with Crippen molar-refractivity contribution < 1.29 is 14.3 Å². The largest absolute Gasteiger partial charge is 0.496 e. The SMILES string of the molecule is COc1ccc(Cl)cc1CN1CCN(C(=O)C(C)Sc2ccc(NC(C)=O)cc2)CC1. The van der Waals surface area contributed by atoms with Gasteiger partial charge in [-0.15, -0.1) is 11.8 Å². The highest BCUT2D eigenvalue weighted by molar-refractivity contribution is 8.00. The summed E-state index contributed by atoms with van der Waals surface area (Å²) < 4.78 is 5.44. The first-order valence-electron chi connectivity index (χ1n) is 10.2. The molecule has 2 aromatic rings. The quantitative estimate of drug-likeness (QED) is 0.628. The maximum Gasteiger partial charge on any atom is 0.235 e. The molecule has 1 fully saturated rings. The zero-order valence-corrected chi connectivity index (χ0v) is 19.6. The molecule has 6 nitrogen and oxygen atoms in total. The Morgan fingerprint density at radius 2 is 1.81 bits per heavy atom. The van der Waals surface area contributed by atoms with Crippen molar-refractivity contribution >= 4 is 40.9 Å². The molecule has 1 aliphatic rings. The summed E-state index contributed by atoms with van der Waals surface area (Å²) in [6.07, 6.45) is 0. The topological polar surface area (TPSA) is 61.9 Å². The summed E-state index contributed by atoms with van der Waals surface area (Å²) in [5.74, 6) is 0.880. The van der Waals surface area contributed by atoms with Gasteiger partial charge in [0.05, 0.1) is 12.4 Å². The molecule has 0 saturated carbocycles. The molecule has 1 atom stereocenters. The van der Waals surface area contributed by atoms with Crippen LogP contribution in [-0.4, -0.2) is 60.2 Å². The molecule has 1 unspecified atom stereocenters. The third-order valence-electron chi connectivity index (χ3n) is 5.16. The molecule has 3 rings (SSSR count). The summed E-state index contributed by atoms with van der Waals surface area (Å²) in [6.45, 7) is 7.19. The molecule has 0 radical (unpaired) electrons. The van der Waals surface area contributed by atoms with Crippen molar-refractivity contribution in [3.8, 4) is 5.75 Å². The van der Waals surface area contributed by atoms with E-state index < -0.39 is 0 Å². The Morgan fingerprint density at radius 3 is 2.42 bits per heavy atom. The lowest BCUT2D eigenvalue weighted by Crippen LogP contribution is -2.50. The van der Waals surface area contributed by atoms with Gasteiger partial charge in [0.15, 0.2) is 0 Å². The lowest BCUT2D eigenvalue weighted by molar-refractivity contribution is -0.132. The Balaban J connectivity index is 1.50. The van der Waals surface area contributed by atoms with Crippen LogP contribution in [0, 0.1) is 0 Å². The fourth-order valence-electron chi connectivity index (χ4n) is 3.57. The highest BCUT2D eigenvalue weighted by atomic mass is 35.5. The zero-order valence-electron chi connectivity index (χ0n) is 18.1. The summed E-state index contributed by atoms with van der Waals surface area (Å²) in [7, 11) is 1.66. The molecule has 2 amide bonds. The Hall–Kier alpha value is -2.22. The highest BCUT2D eigenvalue weighted by Gasteiger charge is 2.26. The summed E-state index contributed by atoms with van der Waals surface area (Å²) >= 11 is 7.67. The minimum atomic E-state index is -0.175. The molecule has 1 heterocycles. The third-order valence-corrected chi connectivity index (χ3v) is 6.49. The number of halogens is 1. The number of hydrogen-bond donors (Lipinski definition) is 1. The number of hydrogen-bond acceptors (Lipinski definition) is 5. The lowest BCUT2D eigenvalue weighted by Gasteiger charge is -2.36. The standard InChI is InChI=1S/C23H28ClN3O3S/c1-16(31-21-7-5-20(6-8-21)25-17(2)28)23(29)27-12-10-26(11-13-27)15-18-14-19(24)4-9-22(18)30-3/h4-9,14,16H,10-13,15H2,1-3H3,(H,25,28). The van der Waals surface area contributed by atoms with E-state index in [4.69, 9.17) is 16.3 Å². The van der Waals surface area contributed by atoms with Gasteiger partial charge < -0.3 is 15.0 Å². The number of thioether (sulfide) groups is 1. The second-order valence-corrected chi connectivity index (χ2v) is 9.37. The van der Waals surface area contributed by atoms with E-state index in [-0.39, 0.29) is 17.1 Å². The number of nitrogens with one attached hydrogen (secondary N) is 1. The maximum absolute atomic E-state index is 12.9. The smallest absolute Gasteiger partial charge is 0.235 e. The predicted octanol–water partition coefficient (Wildman–Crippen LogP) is 4.13. The van der Waals surface area contributed by atoms with Gasteiger partial charge in [0.1, 0.15) is 5.75 Å². The van der Waals surface area contributed by atoms with E-state index in [9.17, 15) is 9.59 Å². The van der Waals surface area contributed by atoms with Gasteiger partial charge in [-0.1, -0.05) is 11.6 Å². The summed E-state index contributed by atoms with van der Waals surface area (Å²) in [5.41, 5.74) is 1.81. The fourth-order valence-corrected chi connectivity index (χ4v) is 4.72. The molecule has 0 bridgehead atoms. The number of piperazine rings is 1. The lowest BCUT2D eigenvalue weighted by atomic mass is 10.1. The van der Waals surface area contributed by atoms with Crippen molar-refractivity contribution in [2.45, 2.75) is 30.5 Å². The summed E-state index contributed by atoms with van der Waals surface area (Å²) in [5, 5.41) is 3.27. The van der Waals surface area contributed by atoms with Gasteiger partial charge in [-0.05, 0) is 49.4 Å². The minimum absolute atomic E-state index is 0.100. The molecule has 1 aliphatic heterocycles. The molecule has 166 valence electrons. The van der Waals surface area contributed by atoms with Crippen LogP contribution >= 0.6 is 23.4 Å². The van der Waals surface area contributed by atoms with Crippen molar-refractivity contribution in [2.75, 3.05) is 38.6 Å². The van der Waals surface area contributed by atoms with Gasteiger partial charge >= 0.3 is 0 Å². The maximum atomic E-state index is 12.9. The molecule has 8 heteroatoms. The number of amides is 2. The number of anilines is 1. The fraction of sp³-hybridized carbons (Fsp3) is 0.391. The molecule has 1 N–H and O–H groups in total. The van der Waals surface area contributed by atoms with Crippen LogP contribution in [0.25, 0.3) is 0 Å². The number of ether oxygens (including phenoxy) is 1. The number of nitrogens with zero attached hydrogens (tertiary/aromatic N) is 2. The van der Waals surface area contributed by atoms with Crippen molar-refractivity contribution in [3.05, 3.63) is 53.1 Å². The minimum Gasteiger partial charge on any atom is -0.496 e. The number of carbonyl (C=O) groups is 2. The van der Waals surface area contributed by atoms with Crippen LogP contribution in [-0.2, 0) is 16.1 Å². The van der Waals surface area contributed by atoms with Crippen LogP contribution in [0.5, 0.6) is 5.75 Å². The zero-order chi connectivity index (χ0) is 22.4.